The summed E-state index contributed by atoms with van der Waals surface area (Å²) in [6, 6.07) is 5.33. The smallest absolute Gasteiger partial charge is 0.456 e. The quantitative estimate of drug-likeness (QED) is 0.441. The Balaban J connectivity index is 1.83. The Morgan fingerprint density at radius 1 is 1.34 bits per heavy atom. The van der Waals surface area contributed by atoms with Gasteiger partial charge in [0.25, 0.3) is 0 Å². The summed E-state index contributed by atoms with van der Waals surface area (Å²) in [6.45, 7) is 4.08. The van der Waals surface area contributed by atoms with Crippen molar-refractivity contribution in [1.29, 1.82) is 0 Å². The van der Waals surface area contributed by atoms with E-state index in [-0.39, 0.29) is 23.9 Å². The molecule has 2 aliphatic heterocycles. The van der Waals surface area contributed by atoms with E-state index in [1.807, 2.05) is 19.1 Å². The standard InChI is InChI=1S/C21H28BBrO5S/c1-3-5-14(10-16-11-17(23)7-8-18(16)24)6-9-19-21-15(4-2)13-29(26,27)20(21)12-22(25)28-19/h7-8,10-11,19-20,24-25H,3-6,9,12-13H2,1-2H3/b14-10+/t19-,20+/m1/s1. The molecule has 0 bridgehead atoms. The number of aromatic hydroxyl groups is 1. The van der Waals surface area contributed by atoms with Gasteiger partial charge < -0.3 is 14.8 Å². The van der Waals surface area contributed by atoms with E-state index in [4.69, 9.17) is 4.65 Å². The summed E-state index contributed by atoms with van der Waals surface area (Å²) in [4.78, 5) is 0. The average Bonchev–Trinajstić information content (AvgIpc) is 2.93. The van der Waals surface area contributed by atoms with Crippen LogP contribution in [0.5, 0.6) is 5.75 Å². The molecular formula is C21H28BBrO5S. The fourth-order valence-corrected chi connectivity index (χ4v) is 6.96. The Labute approximate surface area is 182 Å². The number of phenolic OH excluding ortho intramolecular Hbond substituents is 1. The largest absolute Gasteiger partial charge is 0.507 e. The number of phenols is 1. The molecule has 2 N–H and O–H groups in total. The van der Waals surface area contributed by atoms with Crippen LogP contribution in [-0.2, 0) is 14.5 Å². The molecule has 1 aromatic carbocycles. The third-order valence-corrected chi connectivity index (χ3v) is 8.28. The highest BCUT2D eigenvalue weighted by Gasteiger charge is 2.47. The van der Waals surface area contributed by atoms with E-state index in [9.17, 15) is 18.5 Å². The van der Waals surface area contributed by atoms with Crippen molar-refractivity contribution in [1.82, 2.24) is 0 Å². The second-order valence-corrected chi connectivity index (χ2v) is 10.9. The number of benzene rings is 1. The number of hydrogen-bond donors (Lipinski definition) is 2. The zero-order valence-corrected chi connectivity index (χ0v) is 19.3. The SMILES string of the molecule is CCC/C(=C\c1cc(Br)ccc1O)CC[C@H]1OB(O)C[C@H]2C1=C(CC)CS2(=O)=O. The van der Waals surface area contributed by atoms with Gasteiger partial charge in [0.15, 0.2) is 9.84 Å². The number of allylic oxidation sites excluding steroid dienone is 1. The molecule has 2 atom stereocenters. The van der Waals surface area contributed by atoms with Crippen molar-refractivity contribution in [2.45, 2.75) is 63.6 Å². The molecule has 29 heavy (non-hydrogen) atoms. The van der Waals surface area contributed by atoms with Crippen molar-refractivity contribution in [3.8, 4) is 5.75 Å². The van der Waals surface area contributed by atoms with Crippen molar-refractivity contribution in [3.63, 3.8) is 0 Å². The molecule has 1 saturated heterocycles. The first-order valence-electron chi connectivity index (χ1n) is 10.2. The molecule has 8 heteroatoms. The lowest BCUT2D eigenvalue weighted by molar-refractivity contribution is 0.169. The molecule has 0 spiro atoms. The Hall–Kier alpha value is -1.09. The minimum atomic E-state index is -3.25. The second-order valence-electron chi connectivity index (χ2n) is 7.82. The molecule has 0 aliphatic carbocycles. The normalized spacial score (nSPS) is 24.1. The van der Waals surface area contributed by atoms with Crippen LogP contribution in [0.3, 0.4) is 0 Å². The monoisotopic (exact) mass is 482 g/mol. The first-order valence-corrected chi connectivity index (χ1v) is 12.7. The van der Waals surface area contributed by atoms with Crippen LogP contribution in [0, 0.1) is 0 Å². The first kappa shape index (κ1) is 22.6. The van der Waals surface area contributed by atoms with E-state index in [1.54, 1.807) is 12.1 Å². The van der Waals surface area contributed by atoms with Gasteiger partial charge in [-0.25, -0.2) is 8.42 Å². The van der Waals surface area contributed by atoms with Gasteiger partial charge in [0.2, 0.25) is 0 Å². The fraction of sp³-hybridized carbons (Fsp3) is 0.524. The molecule has 0 saturated carbocycles. The van der Waals surface area contributed by atoms with Crippen molar-refractivity contribution in [2.75, 3.05) is 5.75 Å². The van der Waals surface area contributed by atoms with E-state index in [0.29, 0.717) is 19.3 Å². The first-order chi connectivity index (χ1) is 13.7. The van der Waals surface area contributed by atoms with Crippen LogP contribution in [0.4, 0.5) is 0 Å². The summed E-state index contributed by atoms with van der Waals surface area (Å²) in [7, 11) is -4.30. The maximum Gasteiger partial charge on any atom is 0.456 e. The number of halogens is 1. The zero-order valence-electron chi connectivity index (χ0n) is 16.9. The fourth-order valence-electron chi connectivity index (χ4n) is 4.36. The summed E-state index contributed by atoms with van der Waals surface area (Å²) < 4.78 is 31.8. The van der Waals surface area contributed by atoms with E-state index < -0.39 is 22.2 Å². The van der Waals surface area contributed by atoms with E-state index >= 15 is 0 Å². The maximum absolute atomic E-state index is 12.6. The van der Waals surface area contributed by atoms with Gasteiger partial charge in [-0.2, -0.15) is 0 Å². The molecule has 0 unspecified atom stereocenters. The highest BCUT2D eigenvalue weighted by molar-refractivity contribution is 9.10. The Kier molecular flexibility index (Phi) is 7.30. The summed E-state index contributed by atoms with van der Waals surface area (Å²) >= 11 is 3.44. The molecular weight excluding hydrogens is 455 g/mol. The van der Waals surface area contributed by atoms with Crippen molar-refractivity contribution < 1.29 is 23.2 Å². The summed E-state index contributed by atoms with van der Waals surface area (Å²) in [5, 5.41) is 19.7. The average molecular weight is 483 g/mol. The van der Waals surface area contributed by atoms with Gasteiger partial charge in [-0.05, 0) is 49.5 Å². The number of rotatable bonds is 7. The van der Waals surface area contributed by atoms with Gasteiger partial charge in [-0.1, -0.05) is 53.4 Å². The Bertz CT molecular complexity index is 925. The lowest BCUT2D eigenvalue weighted by atomic mass is 9.74. The molecule has 158 valence electrons. The maximum atomic E-state index is 12.6. The predicted molar refractivity (Wildman–Crippen MR) is 120 cm³/mol. The van der Waals surface area contributed by atoms with Crippen LogP contribution in [0.2, 0.25) is 6.32 Å². The summed E-state index contributed by atoms with van der Waals surface area (Å²) in [6.07, 6.45) is 5.60. The Morgan fingerprint density at radius 2 is 2.10 bits per heavy atom. The topological polar surface area (TPSA) is 83.8 Å². The lowest BCUT2D eigenvalue weighted by Crippen LogP contribution is -2.41. The number of fused-ring (bicyclic) bond motifs is 1. The minimum absolute atomic E-state index is 0.0830. The van der Waals surface area contributed by atoms with Gasteiger partial charge in [-0.15, -0.1) is 0 Å². The molecule has 3 rings (SSSR count). The molecule has 0 amide bonds. The van der Waals surface area contributed by atoms with Crippen LogP contribution in [-0.4, -0.2) is 42.8 Å². The van der Waals surface area contributed by atoms with Crippen LogP contribution in [0.25, 0.3) is 6.08 Å². The third-order valence-electron chi connectivity index (χ3n) is 5.72. The molecule has 5 nitrogen and oxygen atoms in total. The van der Waals surface area contributed by atoms with Gasteiger partial charge in [0, 0.05) is 16.4 Å². The van der Waals surface area contributed by atoms with E-state index in [0.717, 1.165) is 34.0 Å². The summed E-state index contributed by atoms with van der Waals surface area (Å²) in [5.74, 6) is 0.309. The predicted octanol–water partition coefficient (Wildman–Crippen LogP) is 4.50. The molecule has 0 aromatic heterocycles. The van der Waals surface area contributed by atoms with Gasteiger partial charge in [0.05, 0.1) is 17.1 Å². The number of hydrogen-bond acceptors (Lipinski definition) is 5. The highest BCUT2D eigenvalue weighted by Crippen LogP contribution is 2.40. The molecule has 2 heterocycles. The van der Waals surface area contributed by atoms with Crippen LogP contribution >= 0.6 is 15.9 Å². The van der Waals surface area contributed by atoms with Gasteiger partial charge in [-0.3, -0.25) is 0 Å². The van der Waals surface area contributed by atoms with Crippen LogP contribution in [0.1, 0.15) is 51.5 Å². The second kappa shape index (κ2) is 9.37. The molecule has 2 aliphatic rings. The lowest BCUT2D eigenvalue weighted by Gasteiger charge is -2.32. The highest BCUT2D eigenvalue weighted by atomic mass is 79.9. The number of sulfone groups is 1. The van der Waals surface area contributed by atoms with Gasteiger partial charge >= 0.3 is 7.12 Å². The minimum Gasteiger partial charge on any atom is -0.507 e. The van der Waals surface area contributed by atoms with E-state index in [2.05, 4.69) is 22.9 Å². The van der Waals surface area contributed by atoms with Crippen LogP contribution < -0.4 is 0 Å². The molecule has 1 fully saturated rings. The van der Waals surface area contributed by atoms with Crippen molar-refractivity contribution in [2.24, 2.45) is 0 Å². The van der Waals surface area contributed by atoms with Crippen molar-refractivity contribution >= 4 is 39.0 Å². The molecule has 0 radical (unpaired) electrons. The van der Waals surface area contributed by atoms with Crippen LogP contribution in [0.15, 0.2) is 39.4 Å². The molecule has 1 aromatic rings. The Morgan fingerprint density at radius 3 is 2.79 bits per heavy atom. The van der Waals surface area contributed by atoms with Crippen molar-refractivity contribution in [3.05, 3.63) is 45.0 Å². The third kappa shape index (κ3) is 5.16. The van der Waals surface area contributed by atoms with E-state index in [1.165, 1.54) is 5.57 Å². The zero-order chi connectivity index (χ0) is 21.2. The summed E-state index contributed by atoms with van der Waals surface area (Å²) in [5.41, 5.74) is 3.74. The van der Waals surface area contributed by atoms with Gasteiger partial charge in [0.1, 0.15) is 5.75 Å².